The number of methoxy groups -OCH3 is 1. The number of nitrogens with one attached hydrogen (secondary N) is 2. The van der Waals surface area contributed by atoms with Crippen LogP contribution >= 0.6 is 0 Å². The number of sulfonamides is 1. The van der Waals surface area contributed by atoms with Crippen LogP contribution < -0.4 is 14.8 Å². The highest BCUT2D eigenvalue weighted by atomic mass is 32.2. The molecule has 6 nitrogen and oxygen atoms in total. The van der Waals surface area contributed by atoms with Crippen molar-refractivity contribution in [2.24, 2.45) is 0 Å². The predicted molar refractivity (Wildman–Crippen MR) is 114 cm³/mol. The van der Waals surface area contributed by atoms with Crippen molar-refractivity contribution in [1.29, 1.82) is 0 Å². The van der Waals surface area contributed by atoms with E-state index in [2.05, 4.69) is 10.0 Å². The molecule has 0 fully saturated rings. The van der Waals surface area contributed by atoms with Gasteiger partial charge in [0.15, 0.2) is 0 Å². The number of aryl methyl sites for hydroxylation is 1. The molecule has 0 aromatic heterocycles. The Hall–Kier alpha value is -3.46. The lowest BCUT2D eigenvalue weighted by Crippen LogP contribution is -2.15. The minimum Gasteiger partial charge on any atom is -0.495 e. The molecule has 0 aliphatic rings. The lowest BCUT2D eigenvalue weighted by Gasteiger charge is -2.14. The Labute approximate surface area is 178 Å². The number of hydrogen-bond acceptors (Lipinski definition) is 4. The van der Waals surface area contributed by atoms with Gasteiger partial charge in [0.25, 0.3) is 10.0 Å². The summed E-state index contributed by atoms with van der Waals surface area (Å²) >= 11 is 0. The van der Waals surface area contributed by atoms with E-state index >= 15 is 0 Å². The van der Waals surface area contributed by atoms with Crippen molar-refractivity contribution >= 4 is 27.3 Å². The summed E-state index contributed by atoms with van der Waals surface area (Å²) in [5, 5.41) is 2.65. The Morgan fingerprint density at radius 1 is 1.00 bits per heavy atom. The molecule has 3 aromatic carbocycles. The lowest BCUT2D eigenvalue weighted by atomic mass is 10.1. The van der Waals surface area contributed by atoms with Gasteiger partial charge in [-0.3, -0.25) is 9.52 Å². The number of hydrogen-bond donors (Lipinski definition) is 2. The minimum atomic E-state index is -4.01. The topological polar surface area (TPSA) is 84.5 Å². The molecule has 0 heterocycles. The summed E-state index contributed by atoms with van der Waals surface area (Å²) in [6.07, 6.45) is 0.266. The first-order valence-corrected chi connectivity index (χ1v) is 10.8. The molecular formula is C22H20F2N2O4S. The third kappa shape index (κ3) is 5.79. The number of rotatable bonds is 8. The molecule has 0 unspecified atom stereocenters. The predicted octanol–water partition coefficient (Wildman–Crippen LogP) is 4.35. The van der Waals surface area contributed by atoms with Gasteiger partial charge in [-0.25, -0.2) is 17.2 Å². The van der Waals surface area contributed by atoms with Crippen molar-refractivity contribution in [1.82, 2.24) is 0 Å². The highest BCUT2D eigenvalue weighted by Crippen LogP contribution is 2.30. The first kappa shape index (κ1) is 22.2. The first-order valence-electron chi connectivity index (χ1n) is 9.28. The Morgan fingerprint density at radius 2 is 1.71 bits per heavy atom. The third-order valence-electron chi connectivity index (χ3n) is 4.43. The standard InChI is InChI=1S/C22H20F2N2O4S/c1-30-21-12-9-17(25-22(27)13-6-15-4-2-3-5-19(15)24)14-20(21)26-31(28,29)18-10-7-16(23)8-11-18/h2-5,7-12,14,26H,6,13H2,1H3,(H,25,27). The van der Waals surface area contributed by atoms with E-state index in [4.69, 9.17) is 4.74 Å². The van der Waals surface area contributed by atoms with E-state index in [1.807, 2.05) is 0 Å². The van der Waals surface area contributed by atoms with Crippen LogP contribution in [-0.2, 0) is 21.2 Å². The van der Waals surface area contributed by atoms with Gasteiger partial charge in [0.1, 0.15) is 17.4 Å². The van der Waals surface area contributed by atoms with Crippen molar-refractivity contribution in [3.8, 4) is 5.75 Å². The number of carbonyl (C=O) groups is 1. The molecule has 0 saturated carbocycles. The molecule has 0 radical (unpaired) electrons. The average Bonchev–Trinajstić information content (AvgIpc) is 2.73. The van der Waals surface area contributed by atoms with Crippen molar-refractivity contribution in [3.05, 3.63) is 83.9 Å². The van der Waals surface area contributed by atoms with Crippen molar-refractivity contribution < 1.29 is 26.7 Å². The number of amides is 1. The van der Waals surface area contributed by atoms with Gasteiger partial charge < -0.3 is 10.1 Å². The highest BCUT2D eigenvalue weighted by molar-refractivity contribution is 7.92. The molecule has 3 aromatic rings. The van der Waals surface area contributed by atoms with Crippen LogP contribution in [0.1, 0.15) is 12.0 Å². The fraction of sp³-hybridized carbons (Fsp3) is 0.136. The number of anilines is 2. The molecule has 0 aliphatic carbocycles. The molecule has 31 heavy (non-hydrogen) atoms. The second-order valence-electron chi connectivity index (χ2n) is 6.61. The summed E-state index contributed by atoms with van der Waals surface area (Å²) in [5.74, 6) is -1.07. The zero-order valence-electron chi connectivity index (χ0n) is 16.6. The van der Waals surface area contributed by atoms with E-state index < -0.39 is 15.8 Å². The molecular weight excluding hydrogens is 426 g/mol. The molecule has 0 aliphatic heterocycles. The lowest BCUT2D eigenvalue weighted by molar-refractivity contribution is -0.116. The molecule has 0 spiro atoms. The Kier molecular flexibility index (Phi) is 6.86. The Balaban J connectivity index is 1.73. The summed E-state index contributed by atoms with van der Waals surface area (Å²) in [4.78, 5) is 12.1. The number of carbonyl (C=O) groups excluding carboxylic acids is 1. The van der Waals surface area contributed by atoms with E-state index in [0.717, 1.165) is 24.3 Å². The number of benzene rings is 3. The van der Waals surface area contributed by atoms with Crippen LogP contribution in [0.2, 0.25) is 0 Å². The first-order chi connectivity index (χ1) is 14.8. The fourth-order valence-corrected chi connectivity index (χ4v) is 3.92. The summed E-state index contributed by atoms with van der Waals surface area (Å²) in [5.41, 5.74) is 0.856. The summed E-state index contributed by atoms with van der Waals surface area (Å²) < 4.78 is 59.5. The highest BCUT2D eigenvalue weighted by Gasteiger charge is 2.17. The van der Waals surface area contributed by atoms with Gasteiger partial charge >= 0.3 is 0 Å². The molecule has 3 rings (SSSR count). The number of ether oxygens (including phenoxy) is 1. The summed E-state index contributed by atoms with van der Waals surface area (Å²) in [7, 11) is -2.64. The van der Waals surface area contributed by atoms with Crippen molar-refractivity contribution in [3.63, 3.8) is 0 Å². The van der Waals surface area contributed by atoms with Crippen LogP contribution in [-0.4, -0.2) is 21.4 Å². The van der Waals surface area contributed by atoms with E-state index in [1.165, 1.54) is 25.3 Å². The summed E-state index contributed by atoms with van der Waals surface area (Å²) in [6, 6.07) is 15.0. The van der Waals surface area contributed by atoms with Gasteiger partial charge in [0.05, 0.1) is 17.7 Å². The van der Waals surface area contributed by atoms with E-state index in [0.29, 0.717) is 11.3 Å². The van der Waals surface area contributed by atoms with E-state index in [-0.39, 0.29) is 40.9 Å². The van der Waals surface area contributed by atoms with Gasteiger partial charge in [-0.2, -0.15) is 0 Å². The van der Waals surface area contributed by atoms with Crippen molar-refractivity contribution in [2.45, 2.75) is 17.7 Å². The maximum Gasteiger partial charge on any atom is 0.262 e. The second-order valence-corrected chi connectivity index (χ2v) is 8.30. The third-order valence-corrected chi connectivity index (χ3v) is 5.81. The van der Waals surface area contributed by atoms with Crippen LogP contribution in [0.3, 0.4) is 0 Å². The number of halogens is 2. The zero-order chi connectivity index (χ0) is 22.4. The molecule has 0 bridgehead atoms. The smallest absolute Gasteiger partial charge is 0.262 e. The molecule has 162 valence electrons. The van der Waals surface area contributed by atoms with Crippen LogP contribution in [0.5, 0.6) is 5.75 Å². The van der Waals surface area contributed by atoms with Crippen LogP contribution in [0.4, 0.5) is 20.2 Å². The normalized spacial score (nSPS) is 11.1. The molecule has 0 saturated heterocycles. The van der Waals surface area contributed by atoms with Gasteiger partial charge in [-0.1, -0.05) is 18.2 Å². The Morgan fingerprint density at radius 3 is 2.39 bits per heavy atom. The van der Waals surface area contributed by atoms with E-state index in [1.54, 1.807) is 24.3 Å². The van der Waals surface area contributed by atoms with Crippen LogP contribution in [0, 0.1) is 11.6 Å². The largest absolute Gasteiger partial charge is 0.495 e. The monoisotopic (exact) mass is 446 g/mol. The SMILES string of the molecule is COc1ccc(NC(=O)CCc2ccccc2F)cc1NS(=O)(=O)c1ccc(F)cc1. The molecule has 0 atom stereocenters. The quantitative estimate of drug-likeness (QED) is 0.539. The van der Waals surface area contributed by atoms with E-state index in [9.17, 15) is 22.0 Å². The minimum absolute atomic E-state index is 0.0452. The molecule has 9 heteroatoms. The van der Waals surface area contributed by atoms with Gasteiger partial charge in [-0.05, 0) is 60.5 Å². The second kappa shape index (κ2) is 9.57. The average molecular weight is 446 g/mol. The summed E-state index contributed by atoms with van der Waals surface area (Å²) in [6.45, 7) is 0. The fourth-order valence-electron chi connectivity index (χ4n) is 2.86. The van der Waals surface area contributed by atoms with Gasteiger partial charge in [-0.15, -0.1) is 0 Å². The zero-order valence-corrected chi connectivity index (χ0v) is 17.4. The maximum absolute atomic E-state index is 13.7. The van der Waals surface area contributed by atoms with Crippen LogP contribution in [0.25, 0.3) is 0 Å². The van der Waals surface area contributed by atoms with Crippen LogP contribution in [0.15, 0.2) is 71.6 Å². The molecule has 1 amide bonds. The van der Waals surface area contributed by atoms with Gasteiger partial charge in [0, 0.05) is 12.1 Å². The van der Waals surface area contributed by atoms with Crippen molar-refractivity contribution in [2.75, 3.05) is 17.1 Å². The molecule has 2 N–H and O–H groups in total. The maximum atomic E-state index is 13.7. The van der Waals surface area contributed by atoms with Gasteiger partial charge in [0.2, 0.25) is 5.91 Å². The Bertz CT molecular complexity index is 1180.